The molecule has 1 N–H and O–H groups in total. The van der Waals surface area contributed by atoms with Gasteiger partial charge in [0.2, 0.25) is 15.9 Å². The fraction of sp³-hybridized carbons (Fsp3) is 0.381. The highest BCUT2D eigenvalue weighted by Gasteiger charge is 2.23. The largest absolute Gasteiger partial charge is 0.373 e. The van der Waals surface area contributed by atoms with Crippen molar-refractivity contribution >= 4 is 27.3 Å². The van der Waals surface area contributed by atoms with Gasteiger partial charge in [-0.1, -0.05) is 50.2 Å². The molecule has 0 aliphatic carbocycles. The first-order valence-corrected chi connectivity index (χ1v) is 11.1. The van der Waals surface area contributed by atoms with Crippen molar-refractivity contribution in [2.45, 2.75) is 19.8 Å². The summed E-state index contributed by atoms with van der Waals surface area (Å²) in [4.78, 5) is 14.5. The van der Waals surface area contributed by atoms with E-state index in [9.17, 15) is 13.2 Å². The van der Waals surface area contributed by atoms with Crippen LogP contribution < -0.4 is 14.5 Å². The van der Waals surface area contributed by atoms with Crippen molar-refractivity contribution in [1.82, 2.24) is 5.32 Å². The molecule has 0 atom stereocenters. The maximum Gasteiger partial charge on any atom is 0.240 e. The summed E-state index contributed by atoms with van der Waals surface area (Å²) in [6.45, 7) is 4.81. The van der Waals surface area contributed by atoms with Crippen LogP contribution in [0.25, 0.3) is 0 Å². The van der Waals surface area contributed by atoms with E-state index in [1.54, 1.807) is 12.1 Å². The maximum atomic E-state index is 12.4. The minimum Gasteiger partial charge on any atom is -0.373 e. The number of carbonyl (C=O) groups excluding carboxylic acids is 1. The third kappa shape index (κ3) is 5.99. The molecule has 7 heteroatoms. The number of nitrogens with zero attached hydrogens (tertiary/aromatic N) is 2. The molecule has 0 saturated carbocycles. The van der Waals surface area contributed by atoms with Crippen molar-refractivity contribution in [1.29, 1.82) is 0 Å². The van der Waals surface area contributed by atoms with Crippen molar-refractivity contribution in [3.05, 3.63) is 60.2 Å². The Kier molecular flexibility index (Phi) is 7.45. The summed E-state index contributed by atoms with van der Waals surface area (Å²) in [5.41, 5.74) is 2.50. The predicted octanol–water partition coefficient (Wildman–Crippen LogP) is 2.83. The van der Waals surface area contributed by atoms with Gasteiger partial charge in [0, 0.05) is 25.8 Å². The second-order valence-corrected chi connectivity index (χ2v) is 9.00. The van der Waals surface area contributed by atoms with Crippen LogP contribution in [0.1, 0.15) is 25.3 Å². The van der Waals surface area contributed by atoms with Crippen LogP contribution in [-0.2, 0) is 14.8 Å². The summed E-state index contributed by atoms with van der Waals surface area (Å²) in [6.07, 6.45) is 1.13. The van der Waals surface area contributed by atoms with Gasteiger partial charge < -0.3 is 10.2 Å². The van der Waals surface area contributed by atoms with Gasteiger partial charge in [0.05, 0.1) is 11.9 Å². The Hall–Kier alpha value is -2.54. The summed E-state index contributed by atoms with van der Waals surface area (Å²) < 4.78 is 25.9. The molecular formula is C21H29N3O3S. The van der Waals surface area contributed by atoms with Crippen molar-refractivity contribution in [3.63, 3.8) is 0 Å². The monoisotopic (exact) mass is 403 g/mol. The van der Waals surface area contributed by atoms with Gasteiger partial charge in [0.15, 0.2) is 0 Å². The summed E-state index contributed by atoms with van der Waals surface area (Å²) in [6, 6.07) is 17.2. The molecule has 2 aromatic rings. The molecule has 2 aromatic carbocycles. The average Bonchev–Trinajstić information content (AvgIpc) is 2.65. The Morgan fingerprint density at radius 2 is 1.64 bits per heavy atom. The Balaban J connectivity index is 2.03. The Bertz CT molecular complexity index is 883. The summed E-state index contributed by atoms with van der Waals surface area (Å²) in [5, 5.41) is 2.82. The zero-order valence-corrected chi connectivity index (χ0v) is 17.7. The number of sulfonamides is 1. The topological polar surface area (TPSA) is 69.7 Å². The number of anilines is 2. The van der Waals surface area contributed by atoms with E-state index in [2.05, 4.69) is 5.32 Å². The Morgan fingerprint density at radius 3 is 2.25 bits per heavy atom. The molecule has 1 amide bonds. The maximum absolute atomic E-state index is 12.4. The van der Waals surface area contributed by atoms with Gasteiger partial charge in [-0.2, -0.15) is 0 Å². The lowest BCUT2D eigenvalue weighted by Gasteiger charge is -2.26. The molecule has 152 valence electrons. The van der Waals surface area contributed by atoms with E-state index in [-0.39, 0.29) is 18.4 Å². The molecule has 0 aromatic heterocycles. The highest BCUT2D eigenvalue weighted by molar-refractivity contribution is 7.92. The molecule has 28 heavy (non-hydrogen) atoms. The number of para-hydroxylation sites is 2. The van der Waals surface area contributed by atoms with Crippen molar-refractivity contribution in [3.8, 4) is 0 Å². The molecule has 0 bridgehead atoms. The lowest BCUT2D eigenvalue weighted by atomic mass is 10.0. The summed E-state index contributed by atoms with van der Waals surface area (Å²) >= 11 is 0. The second kappa shape index (κ2) is 9.59. The lowest BCUT2D eigenvalue weighted by molar-refractivity contribution is -0.119. The van der Waals surface area contributed by atoms with Gasteiger partial charge in [-0.25, -0.2) is 8.42 Å². The number of likely N-dealkylation sites (N-methyl/N-ethyl adjacent to an activating group) is 1. The average molecular weight is 404 g/mol. The van der Waals surface area contributed by atoms with Gasteiger partial charge in [0.25, 0.3) is 0 Å². The number of nitrogens with one attached hydrogen (secondary N) is 1. The minimum atomic E-state index is -3.59. The molecule has 2 rings (SSSR count). The molecular weight excluding hydrogens is 374 g/mol. The van der Waals surface area contributed by atoms with E-state index < -0.39 is 10.0 Å². The Morgan fingerprint density at radius 1 is 1.04 bits per heavy atom. The molecule has 0 fully saturated rings. The van der Waals surface area contributed by atoms with Crippen molar-refractivity contribution in [2.75, 3.05) is 42.1 Å². The number of rotatable bonds is 9. The number of hydrogen-bond acceptors (Lipinski definition) is 4. The van der Waals surface area contributed by atoms with Gasteiger partial charge in [-0.15, -0.1) is 0 Å². The highest BCUT2D eigenvalue weighted by Crippen LogP contribution is 2.28. The standard InChI is InChI=1S/C21H29N3O3S/c1-17(2)19-12-8-9-13-20(19)24(28(4,26)27)16-21(25)22-14-15-23(3)18-10-6-5-7-11-18/h5-13,17H,14-16H2,1-4H3,(H,22,25). The molecule has 0 heterocycles. The van der Waals surface area contributed by atoms with E-state index in [1.165, 1.54) is 4.31 Å². The van der Waals surface area contributed by atoms with Crippen LogP contribution in [-0.4, -0.2) is 47.3 Å². The fourth-order valence-corrected chi connectivity index (χ4v) is 3.82. The number of benzene rings is 2. The molecule has 6 nitrogen and oxygen atoms in total. The third-order valence-electron chi connectivity index (χ3n) is 4.48. The second-order valence-electron chi connectivity index (χ2n) is 7.09. The number of amides is 1. The zero-order valence-electron chi connectivity index (χ0n) is 16.9. The van der Waals surface area contributed by atoms with Crippen LogP contribution in [0.5, 0.6) is 0 Å². The van der Waals surface area contributed by atoms with E-state index in [0.717, 1.165) is 17.5 Å². The zero-order chi connectivity index (χ0) is 20.7. The number of hydrogen-bond donors (Lipinski definition) is 1. The minimum absolute atomic E-state index is 0.142. The molecule has 0 saturated heterocycles. The molecule has 0 spiro atoms. The fourth-order valence-electron chi connectivity index (χ4n) is 2.94. The van der Waals surface area contributed by atoms with Crippen LogP contribution in [0, 0.1) is 0 Å². The molecule has 0 aliphatic heterocycles. The van der Waals surface area contributed by atoms with E-state index in [0.29, 0.717) is 18.8 Å². The van der Waals surface area contributed by atoms with Crippen LogP contribution in [0.3, 0.4) is 0 Å². The van der Waals surface area contributed by atoms with Crippen LogP contribution in [0.2, 0.25) is 0 Å². The first kappa shape index (κ1) is 21.8. The normalized spacial score (nSPS) is 11.3. The SMILES string of the molecule is CC(C)c1ccccc1N(CC(=O)NCCN(C)c1ccccc1)S(C)(=O)=O. The third-order valence-corrected chi connectivity index (χ3v) is 5.61. The molecule has 0 aliphatic rings. The van der Waals surface area contributed by atoms with Gasteiger partial charge in [-0.05, 0) is 29.7 Å². The van der Waals surface area contributed by atoms with Crippen LogP contribution >= 0.6 is 0 Å². The Labute approximate surface area is 168 Å². The van der Waals surface area contributed by atoms with E-state index >= 15 is 0 Å². The summed E-state index contributed by atoms with van der Waals surface area (Å²) in [5.74, 6) is -0.187. The first-order valence-electron chi connectivity index (χ1n) is 9.29. The first-order chi connectivity index (χ1) is 13.2. The van der Waals surface area contributed by atoms with Gasteiger partial charge in [-0.3, -0.25) is 9.10 Å². The van der Waals surface area contributed by atoms with E-state index in [1.807, 2.05) is 68.3 Å². The highest BCUT2D eigenvalue weighted by atomic mass is 32.2. The van der Waals surface area contributed by atoms with Gasteiger partial charge >= 0.3 is 0 Å². The predicted molar refractivity (Wildman–Crippen MR) is 115 cm³/mol. The smallest absolute Gasteiger partial charge is 0.240 e. The summed E-state index contributed by atoms with van der Waals surface area (Å²) in [7, 11) is -1.64. The quantitative estimate of drug-likeness (QED) is 0.699. The molecule has 0 unspecified atom stereocenters. The van der Waals surface area contributed by atoms with Crippen molar-refractivity contribution in [2.24, 2.45) is 0 Å². The number of carbonyl (C=O) groups is 1. The van der Waals surface area contributed by atoms with Crippen LogP contribution in [0.15, 0.2) is 54.6 Å². The van der Waals surface area contributed by atoms with Gasteiger partial charge in [0.1, 0.15) is 6.54 Å². The van der Waals surface area contributed by atoms with Crippen molar-refractivity contribution < 1.29 is 13.2 Å². The van der Waals surface area contributed by atoms with Crippen LogP contribution in [0.4, 0.5) is 11.4 Å². The molecule has 0 radical (unpaired) electrons. The van der Waals surface area contributed by atoms with E-state index in [4.69, 9.17) is 0 Å². The lowest BCUT2D eigenvalue weighted by Crippen LogP contribution is -2.42.